The van der Waals surface area contributed by atoms with E-state index in [4.69, 9.17) is 0 Å². The van der Waals surface area contributed by atoms with E-state index in [1.165, 1.54) is 0 Å². The highest BCUT2D eigenvalue weighted by molar-refractivity contribution is 9.09. The molecule has 0 aliphatic rings. The summed E-state index contributed by atoms with van der Waals surface area (Å²) in [5.41, 5.74) is 3.36. The molecule has 2 atom stereocenters. The van der Waals surface area contributed by atoms with Gasteiger partial charge in [0.05, 0.1) is 4.83 Å². The number of para-hydroxylation sites is 1. The highest BCUT2D eigenvalue weighted by Crippen LogP contribution is 2.23. The molecule has 2 unspecified atom stereocenters. The average molecular weight is 379 g/mol. The number of alkyl halides is 2. The lowest BCUT2D eigenvalue weighted by Gasteiger charge is -2.22. The lowest BCUT2D eigenvalue weighted by molar-refractivity contribution is 0.197. The number of hydrogen-bond donors (Lipinski definition) is 2. The average Bonchev–Trinajstić information content (AvgIpc) is 2.34. The van der Waals surface area contributed by atoms with E-state index < -0.39 is 6.23 Å². The monoisotopic (exact) mass is 377 g/mol. The second-order valence-electron chi connectivity index (χ2n) is 4.56. The SMILES string of the molecule is Cc1cccc(C)c1NC(O)C(Br)CCCCBr. The fourth-order valence-corrected chi connectivity index (χ4v) is 2.72. The molecule has 0 heterocycles. The van der Waals surface area contributed by atoms with Crippen LogP contribution in [0.1, 0.15) is 30.4 Å². The summed E-state index contributed by atoms with van der Waals surface area (Å²) >= 11 is 6.97. The van der Waals surface area contributed by atoms with Crippen molar-refractivity contribution in [2.75, 3.05) is 10.6 Å². The van der Waals surface area contributed by atoms with Gasteiger partial charge in [-0.1, -0.05) is 56.5 Å². The minimum absolute atomic E-state index is 0.0792. The zero-order valence-electron chi connectivity index (χ0n) is 10.9. The van der Waals surface area contributed by atoms with Crippen LogP contribution in [0, 0.1) is 13.8 Å². The first kappa shape index (κ1) is 16.0. The highest BCUT2D eigenvalue weighted by Gasteiger charge is 2.16. The second-order valence-corrected chi connectivity index (χ2v) is 6.53. The number of aliphatic hydroxyl groups is 1. The smallest absolute Gasteiger partial charge is 0.137 e. The standard InChI is InChI=1S/C14H21Br2NO/c1-10-6-5-7-11(2)13(10)17-14(18)12(16)8-3-4-9-15/h5-7,12,14,17-18H,3-4,8-9H2,1-2H3. The van der Waals surface area contributed by atoms with Crippen molar-refractivity contribution < 1.29 is 5.11 Å². The Morgan fingerprint density at radius 2 is 1.83 bits per heavy atom. The number of nitrogens with one attached hydrogen (secondary N) is 1. The number of aryl methyl sites for hydroxylation is 2. The van der Waals surface area contributed by atoms with Crippen LogP contribution in [-0.4, -0.2) is 21.5 Å². The van der Waals surface area contributed by atoms with E-state index in [-0.39, 0.29) is 4.83 Å². The Hall–Kier alpha value is -0.0600. The van der Waals surface area contributed by atoms with Crippen molar-refractivity contribution in [3.8, 4) is 0 Å². The van der Waals surface area contributed by atoms with Gasteiger partial charge in [-0.25, -0.2) is 0 Å². The van der Waals surface area contributed by atoms with Crippen LogP contribution in [0.5, 0.6) is 0 Å². The first-order valence-corrected chi connectivity index (χ1v) is 8.31. The minimum Gasteiger partial charge on any atom is -0.373 e. The molecule has 0 saturated carbocycles. The number of unbranched alkanes of at least 4 members (excludes halogenated alkanes) is 1. The molecule has 2 N–H and O–H groups in total. The fourth-order valence-electron chi connectivity index (χ4n) is 1.87. The van der Waals surface area contributed by atoms with Gasteiger partial charge in [0.25, 0.3) is 0 Å². The first-order valence-electron chi connectivity index (χ1n) is 6.27. The van der Waals surface area contributed by atoms with E-state index >= 15 is 0 Å². The molecule has 102 valence electrons. The molecule has 1 aromatic rings. The Morgan fingerprint density at radius 3 is 2.39 bits per heavy atom. The molecule has 0 spiro atoms. The highest BCUT2D eigenvalue weighted by atomic mass is 79.9. The maximum atomic E-state index is 10.1. The van der Waals surface area contributed by atoms with Crippen molar-refractivity contribution in [2.45, 2.75) is 44.2 Å². The Labute approximate surface area is 126 Å². The predicted octanol–water partition coefficient (Wildman–Crippen LogP) is 4.36. The first-order chi connectivity index (χ1) is 8.56. The minimum atomic E-state index is -0.555. The van der Waals surface area contributed by atoms with Gasteiger partial charge < -0.3 is 10.4 Å². The number of aliphatic hydroxyl groups excluding tert-OH is 1. The maximum absolute atomic E-state index is 10.1. The van der Waals surface area contributed by atoms with Crippen LogP contribution in [0.4, 0.5) is 5.69 Å². The molecule has 18 heavy (non-hydrogen) atoms. The molecule has 0 aliphatic heterocycles. The van der Waals surface area contributed by atoms with Crippen molar-refractivity contribution in [1.82, 2.24) is 0 Å². The van der Waals surface area contributed by atoms with Gasteiger partial charge in [0.15, 0.2) is 0 Å². The van der Waals surface area contributed by atoms with Crippen LogP contribution in [0.2, 0.25) is 0 Å². The summed E-state index contributed by atoms with van der Waals surface area (Å²) in [4.78, 5) is 0.0792. The fraction of sp³-hybridized carbons (Fsp3) is 0.571. The van der Waals surface area contributed by atoms with Crippen molar-refractivity contribution in [1.29, 1.82) is 0 Å². The third-order valence-electron chi connectivity index (χ3n) is 2.98. The molecule has 0 amide bonds. The van der Waals surface area contributed by atoms with Gasteiger partial charge in [-0.3, -0.25) is 0 Å². The zero-order chi connectivity index (χ0) is 13.5. The topological polar surface area (TPSA) is 32.3 Å². The van der Waals surface area contributed by atoms with Crippen molar-refractivity contribution in [2.24, 2.45) is 0 Å². The molecular formula is C14H21Br2NO. The number of hydrogen-bond acceptors (Lipinski definition) is 2. The second kappa shape index (κ2) is 8.18. The summed E-state index contributed by atoms with van der Waals surface area (Å²) in [6.07, 6.45) is 2.65. The molecule has 0 fully saturated rings. The molecule has 1 aromatic carbocycles. The van der Waals surface area contributed by atoms with Crippen LogP contribution in [0.3, 0.4) is 0 Å². The zero-order valence-corrected chi connectivity index (χ0v) is 14.1. The van der Waals surface area contributed by atoms with E-state index in [0.717, 1.165) is 41.4 Å². The number of rotatable bonds is 7. The Bertz CT molecular complexity index is 351. The van der Waals surface area contributed by atoms with Gasteiger partial charge in [0.2, 0.25) is 0 Å². The predicted molar refractivity (Wildman–Crippen MR) is 85.9 cm³/mol. The van der Waals surface area contributed by atoms with Gasteiger partial charge in [-0.2, -0.15) is 0 Å². The number of anilines is 1. The van der Waals surface area contributed by atoms with Crippen LogP contribution < -0.4 is 5.32 Å². The molecule has 0 bridgehead atoms. The summed E-state index contributed by atoms with van der Waals surface area (Å²) in [7, 11) is 0. The van der Waals surface area contributed by atoms with Gasteiger partial charge in [0.1, 0.15) is 6.23 Å². The summed E-state index contributed by atoms with van der Waals surface area (Å²) in [5, 5.41) is 14.4. The normalized spacial score (nSPS) is 14.3. The lowest BCUT2D eigenvalue weighted by atomic mass is 10.1. The molecular weight excluding hydrogens is 358 g/mol. The van der Waals surface area contributed by atoms with Gasteiger partial charge in [-0.15, -0.1) is 0 Å². The molecule has 2 nitrogen and oxygen atoms in total. The molecule has 0 radical (unpaired) electrons. The van der Waals surface area contributed by atoms with Gasteiger partial charge in [0, 0.05) is 11.0 Å². The van der Waals surface area contributed by atoms with E-state index in [1.54, 1.807) is 0 Å². The van der Waals surface area contributed by atoms with Crippen LogP contribution in [0.15, 0.2) is 18.2 Å². The maximum Gasteiger partial charge on any atom is 0.137 e. The van der Waals surface area contributed by atoms with E-state index in [2.05, 4.69) is 63.2 Å². The van der Waals surface area contributed by atoms with E-state index in [9.17, 15) is 5.11 Å². The number of halogens is 2. The van der Waals surface area contributed by atoms with E-state index in [1.807, 2.05) is 6.07 Å². The number of benzene rings is 1. The van der Waals surface area contributed by atoms with Crippen molar-refractivity contribution >= 4 is 37.5 Å². The molecule has 1 rings (SSSR count). The molecule has 0 aliphatic carbocycles. The third-order valence-corrected chi connectivity index (χ3v) is 4.50. The van der Waals surface area contributed by atoms with Crippen LogP contribution in [0.25, 0.3) is 0 Å². The Balaban J connectivity index is 2.55. The quantitative estimate of drug-likeness (QED) is 0.419. The summed E-state index contributed by atoms with van der Waals surface area (Å²) in [5.74, 6) is 0. The molecule has 0 aromatic heterocycles. The van der Waals surface area contributed by atoms with E-state index in [0.29, 0.717) is 0 Å². The largest absolute Gasteiger partial charge is 0.373 e. The van der Waals surface area contributed by atoms with Gasteiger partial charge in [-0.05, 0) is 37.8 Å². The summed E-state index contributed by atoms with van der Waals surface area (Å²) in [6, 6.07) is 6.14. The third kappa shape index (κ3) is 4.90. The Kier molecular flexibility index (Phi) is 7.27. The molecule has 0 saturated heterocycles. The van der Waals surface area contributed by atoms with Crippen molar-refractivity contribution in [3.05, 3.63) is 29.3 Å². The lowest BCUT2D eigenvalue weighted by Crippen LogP contribution is -2.29. The summed E-state index contributed by atoms with van der Waals surface area (Å²) < 4.78 is 0. The Morgan fingerprint density at radius 1 is 1.22 bits per heavy atom. The summed E-state index contributed by atoms with van der Waals surface area (Å²) in [6.45, 7) is 4.10. The van der Waals surface area contributed by atoms with Gasteiger partial charge >= 0.3 is 0 Å². The van der Waals surface area contributed by atoms with Crippen LogP contribution in [-0.2, 0) is 0 Å². The van der Waals surface area contributed by atoms with Crippen LogP contribution >= 0.6 is 31.9 Å². The molecule has 4 heteroatoms. The van der Waals surface area contributed by atoms with Crippen molar-refractivity contribution in [3.63, 3.8) is 0 Å².